The lowest BCUT2D eigenvalue weighted by atomic mass is 10.0. The maximum atomic E-state index is 12.2. The molecule has 2 nitrogen and oxygen atoms in total. The molecule has 0 heterocycles. The smallest absolute Gasteiger partial charge is 0.293 e. The molecule has 0 saturated heterocycles. The maximum absolute atomic E-state index is 12.2. The van der Waals surface area contributed by atoms with Crippen molar-refractivity contribution in [1.29, 1.82) is 0 Å². The average Bonchev–Trinajstić information content (AvgIpc) is 2.56. The van der Waals surface area contributed by atoms with Crippen LogP contribution in [-0.4, -0.2) is 18.0 Å². The van der Waals surface area contributed by atoms with Crippen molar-refractivity contribution in [1.82, 2.24) is 0 Å². The number of Topliss-reactive ketones (excluding diaryl/α,β-unsaturated/α-hetero) is 2. The first-order valence-electron chi connectivity index (χ1n) is 4.55. The Balaban J connectivity index is 2.31. The van der Waals surface area contributed by atoms with Crippen molar-refractivity contribution < 1.29 is 18.4 Å². The molecule has 0 aliphatic heterocycles. The van der Waals surface area contributed by atoms with Gasteiger partial charge < -0.3 is 0 Å². The van der Waals surface area contributed by atoms with Gasteiger partial charge in [-0.1, -0.05) is 24.3 Å². The van der Waals surface area contributed by atoms with Gasteiger partial charge >= 0.3 is 0 Å². The third-order valence-electron chi connectivity index (χ3n) is 2.58. The Kier molecular flexibility index (Phi) is 2.34. The third-order valence-corrected chi connectivity index (χ3v) is 2.58. The van der Waals surface area contributed by atoms with Gasteiger partial charge in [-0.3, -0.25) is 9.59 Å². The van der Waals surface area contributed by atoms with Crippen LogP contribution in [0, 0.1) is 5.92 Å². The molecule has 0 fully saturated rings. The zero-order valence-corrected chi connectivity index (χ0v) is 7.74. The first-order valence-corrected chi connectivity index (χ1v) is 4.55. The number of rotatable bonds is 2. The molecule has 0 N–H and O–H groups in total. The fraction of sp³-hybridized carbons (Fsp3) is 0.273. The van der Waals surface area contributed by atoms with Gasteiger partial charge in [0.05, 0.1) is 5.92 Å². The summed E-state index contributed by atoms with van der Waals surface area (Å²) in [6.45, 7) is 0. The fourth-order valence-corrected chi connectivity index (χ4v) is 1.82. The molecule has 1 aromatic carbocycles. The van der Waals surface area contributed by atoms with Crippen LogP contribution in [0.2, 0.25) is 0 Å². The molecule has 0 radical (unpaired) electrons. The number of hydrogen-bond donors (Lipinski definition) is 0. The quantitative estimate of drug-likeness (QED) is 0.698. The van der Waals surface area contributed by atoms with Crippen molar-refractivity contribution in [2.75, 3.05) is 0 Å². The molecule has 1 aromatic rings. The van der Waals surface area contributed by atoms with Gasteiger partial charge in [0, 0.05) is 5.56 Å². The lowest BCUT2D eigenvalue weighted by Gasteiger charge is -2.04. The second kappa shape index (κ2) is 3.53. The molecule has 2 rings (SSSR count). The Labute approximate surface area is 84.9 Å². The minimum absolute atomic E-state index is 0.109. The molecular weight excluding hydrogens is 202 g/mol. The molecule has 1 aliphatic carbocycles. The summed E-state index contributed by atoms with van der Waals surface area (Å²) in [7, 11) is 0. The molecule has 1 unspecified atom stereocenters. The van der Waals surface area contributed by atoms with Crippen LogP contribution in [0.15, 0.2) is 24.3 Å². The maximum Gasteiger partial charge on any atom is 0.296 e. The molecule has 4 heteroatoms. The van der Waals surface area contributed by atoms with Gasteiger partial charge in [0.1, 0.15) is 0 Å². The summed E-state index contributed by atoms with van der Waals surface area (Å²) in [4.78, 5) is 22.6. The van der Waals surface area contributed by atoms with E-state index in [-0.39, 0.29) is 6.42 Å². The third kappa shape index (κ3) is 1.56. The van der Waals surface area contributed by atoms with E-state index in [4.69, 9.17) is 0 Å². The summed E-state index contributed by atoms with van der Waals surface area (Å²) >= 11 is 0. The van der Waals surface area contributed by atoms with Gasteiger partial charge in [0.15, 0.2) is 5.78 Å². The first-order chi connectivity index (χ1) is 7.11. The summed E-state index contributed by atoms with van der Waals surface area (Å²) in [5.41, 5.74) is 1.08. The van der Waals surface area contributed by atoms with E-state index in [2.05, 4.69) is 0 Å². The molecule has 0 saturated carbocycles. The second-order valence-electron chi connectivity index (χ2n) is 3.48. The Morgan fingerprint density at radius 1 is 1.33 bits per heavy atom. The highest BCUT2D eigenvalue weighted by atomic mass is 19.3. The number of ketones is 2. The fourth-order valence-electron chi connectivity index (χ4n) is 1.82. The van der Waals surface area contributed by atoms with E-state index in [9.17, 15) is 18.4 Å². The van der Waals surface area contributed by atoms with Crippen LogP contribution in [0.1, 0.15) is 15.9 Å². The largest absolute Gasteiger partial charge is 0.296 e. The predicted molar refractivity (Wildman–Crippen MR) is 49.0 cm³/mol. The molecule has 78 valence electrons. The molecular formula is C11H8F2O2. The number of alkyl halides is 2. The summed E-state index contributed by atoms with van der Waals surface area (Å²) < 4.78 is 24.3. The minimum atomic E-state index is -3.06. The van der Waals surface area contributed by atoms with Crippen molar-refractivity contribution in [3.8, 4) is 0 Å². The second-order valence-corrected chi connectivity index (χ2v) is 3.48. The number of halogens is 2. The van der Waals surface area contributed by atoms with E-state index in [0.29, 0.717) is 11.1 Å². The minimum Gasteiger partial charge on any atom is -0.293 e. The number of hydrogen-bond acceptors (Lipinski definition) is 2. The van der Waals surface area contributed by atoms with Crippen molar-refractivity contribution in [3.05, 3.63) is 35.4 Å². The Hall–Kier alpha value is -1.58. The van der Waals surface area contributed by atoms with Crippen LogP contribution in [-0.2, 0) is 11.2 Å². The van der Waals surface area contributed by atoms with Crippen LogP contribution in [0.3, 0.4) is 0 Å². The Bertz CT molecular complexity index is 426. The predicted octanol–water partition coefficient (Wildman–Crippen LogP) is 1.88. The van der Waals surface area contributed by atoms with Gasteiger partial charge in [0.25, 0.3) is 6.43 Å². The molecule has 1 aliphatic rings. The normalized spacial score (nSPS) is 19.4. The molecule has 0 amide bonds. The summed E-state index contributed by atoms with van der Waals surface area (Å²) in [5.74, 6) is -2.92. The van der Waals surface area contributed by atoms with Crippen LogP contribution in [0.5, 0.6) is 0 Å². The summed E-state index contributed by atoms with van der Waals surface area (Å²) in [6, 6.07) is 6.63. The average molecular weight is 210 g/mol. The Morgan fingerprint density at radius 2 is 2.00 bits per heavy atom. The summed E-state index contributed by atoms with van der Waals surface area (Å²) in [6.07, 6.45) is -2.95. The van der Waals surface area contributed by atoms with E-state index < -0.39 is 23.9 Å². The van der Waals surface area contributed by atoms with Crippen LogP contribution in [0.25, 0.3) is 0 Å². The lowest BCUT2D eigenvalue weighted by Crippen LogP contribution is -2.26. The number of carbonyl (C=O) groups is 2. The van der Waals surface area contributed by atoms with E-state index in [1.54, 1.807) is 24.3 Å². The zero-order chi connectivity index (χ0) is 11.0. The molecule has 0 bridgehead atoms. The van der Waals surface area contributed by atoms with Gasteiger partial charge in [-0.15, -0.1) is 0 Å². The van der Waals surface area contributed by atoms with Crippen molar-refractivity contribution in [2.24, 2.45) is 5.92 Å². The number of carbonyl (C=O) groups excluding carboxylic acids is 2. The van der Waals surface area contributed by atoms with Crippen molar-refractivity contribution >= 4 is 11.6 Å². The monoisotopic (exact) mass is 210 g/mol. The van der Waals surface area contributed by atoms with E-state index in [1.807, 2.05) is 0 Å². The van der Waals surface area contributed by atoms with Gasteiger partial charge in [0.2, 0.25) is 5.78 Å². The highest BCUT2D eigenvalue weighted by Gasteiger charge is 2.38. The summed E-state index contributed by atoms with van der Waals surface area (Å²) in [5, 5.41) is 0. The van der Waals surface area contributed by atoms with Gasteiger partial charge in [-0.25, -0.2) is 8.78 Å². The number of fused-ring (bicyclic) bond motifs is 1. The van der Waals surface area contributed by atoms with Crippen molar-refractivity contribution in [2.45, 2.75) is 12.8 Å². The standard InChI is InChI=1S/C11H8F2O2/c12-11(13)10(15)8-5-6-3-1-2-4-7(6)9(8)14/h1-4,8,11H,5H2. The SMILES string of the molecule is O=C1c2ccccc2CC1C(=O)C(F)F. The van der Waals surface area contributed by atoms with Crippen LogP contribution >= 0.6 is 0 Å². The molecule has 0 aromatic heterocycles. The van der Waals surface area contributed by atoms with E-state index in [0.717, 1.165) is 0 Å². The zero-order valence-electron chi connectivity index (χ0n) is 7.74. The highest BCUT2D eigenvalue weighted by Crippen LogP contribution is 2.28. The topological polar surface area (TPSA) is 34.1 Å². The molecule has 15 heavy (non-hydrogen) atoms. The van der Waals surface area contributed by atoms with Crippen molar-refractivity contribution in [3.63, 3.8) is 0 Å². The first kappa shape index (κ1) is 9.96. The van der Waals surface area contributed by atoms with Crippen LogP contribution < -0.4 is 0 Å². The molecule has 1 atom stereocenters. The molecule has 0 spiro atoms. The van der Waals surface area contributed by atoms with E-state index >= 15 is 0 Å². The van der Waals surface area contributed by atoms with E-state index in [1.165, 1.54) is 0 Å². The Morgan fingerprint density at radius 3 is 2.60 bits per heavy atom. The van der Waals surface area contributed by atoms with Gasteiger partial charge in [-0.05, 0) is 12.0 Å². The van der Waals surface area contributed by atoms with Crippen LogP contribution in [0.4, 0.5) is 8.78 Å². The lowest BCUT2D eigenvalue weighted by molar-refractivity contribution is -0.131. The highest BCUT2D eigenvalue weighted by molar-refractivity contribution is 6.14. The number of benzene rings is 1. The van der Waals surface area contributed by atoms with Gasteiger partial charge in [-0.2, -0.15) is 0 Å².